The van der Waals surface area contributed by atoms with Gasteiger partial charge in [-0.1, -0.05) is 37.4 Å². The second kappa shape index (κ2) is 6.03. The summed E-state index contributed by atoms with van der Waals surface area (Å²) in [5.41, 5.74) is 0.679. The second-order valence-electron chi connectivity index (χ2n) is 5.25. The molecule has 0 amide bonds. The molecule has 1 aromatic carbocycles. The molecule has 0 aromatic heterocycles. The minimum atomic E-state index is -0.179. The number of hydrogen-bond acceptors (Lipinski definition) is 1. The van der Waals surface area contributed by atoms with Crippen molar-refractivity contribution in [3.05, 3.63) is 34.6 Å². The fourth-order valence-electron chi connectivity index (χ4n) is 2.82. The third kappa shape index (κ3) is 3.04. The SMILES string of the molecule is CCC1(Cc2c(F)cccc2Cl)CCCCCN1. The lowest BCUT2D eigenvalue weighted by Gasteiger charge is -2.33. The molecule has 1 atom stereocenters. The van der Waals surface area contributed by atoms with Gasteiger partial charge in [0.25, 0.3) is 0 Å². The van der Waals surface area contributed by atoms with Gasteiger partial charge in [-0.2, -0.15) is 0 Å². The monoisotopic (exact) mass is 269 g/mol. The van der Waals surface area contributed by atoms with Crippen LogP contribution in [0.4, 0.5) is 4.39 Å². The van der Waals surface area contributed by atoms with Crippen LogP contribution in [0.3, 0.4) is 0 Å². The van der Waals surface area contributed by atoms with E-state index < -0.39 is 0 Å². The molecule has 1 aromatic rings. The molecule has 0 saturated carbocycles. The van der Waals surface area contributed by atoms with Gasteiger partial charge in [0.2, 0.25) is 0 Å². The lowest BCUT2D eigenvalue weighted by molar-refractivity contribution is 0.299. The molecular formula is C15H21ClFN. The van der Waals surface area contributed by atoms with Crippen LogP contribution in [0.2, 0.25) is 5.02 Å². The Balaban J connectivity index is 2.23. The van der Waals surface area contributed by atoms with Crippen LogP contribution in [0.25, 0.3) is 0 Å². The van der Waals surface area contributed by atoms with Crippen LogP contribution in [0.1, 0.15) is 44.6 Å². The maximum atomic E-state index is 13.9. The summed E-state index contributed by atoms with van der Waals surface area (Å²) in [6.45, 7) is 3.20. The summed E-state index contributed by atoms with van der Waals surface area (Å²) in [5.74, 6) is -0.179. The van der Waals surface area contributed by atoms with Gasteiger partial charge in [-0.05, 0) is 44.4 Å². The van der Waals surface area contributed by atoms with Gasteiger partial charge in [-0.3, -0.25) is 0 Å². The summed E-state index contributed by atoms with van der Waals surface area (Å²) in [7, 11) is 0. The van der Waals surface area contributed by atoms with Crippen LogP contribution in [-0.2, 0) is 6.42 Å². The smallest absolute Gasteiger partial charge is 0.127 e. The topological polar surface area (TPSA) is 12.0 Å². The fourth-order valence-corrected chi connectivity index (χ4v) is 3.05. The quantitative estimate of drug-likeness (QED) is 0.861. The maximum absolute atomic E-state index is 13.9. The van der Waals surface area contributed by atoms with E-state index in [9.17, 15) is 4.39 Å². The summed E-state index contributed by atoms with van der Waals surface area (Å²) in [5, 5.41) is 4.17. The number of rotatable bonds is 3. The van der Waals surface area contributed by atoms with Gasteiger partial charge in [-0.25, -0.2) is 4.39 Å². The Morgan fingerprint density at radius 2 is 2.17 bits per heavy atom. The molecule has 0 radical (unpaired) electrons. The number of hydrogen-bond donors (Lipinski definition) is 1. The normalized spacial score (nSPS) is 24.8. The third-order valence-corrected chi connectivity index (χ3v) is 4.44. The lowest BCUT2D eigenvalue weighted by Crippen LogP contribution is -2.46. The predicted octanol–water partition coefficient (Wildman–Crippen LogP) is 4.33. The van der Waals surface area contributed by atoms with Crippen molar-refractivity contribution < 1.29 is 4.39 Å². The van der Waals surface area contributed by atoms with Crippen molar-refractivity contribution in [2.75, 3.05) is 6.54 Å². The third-order valence-electron chi connectivity index (χ3n) is 4.09. The lowest BCUT2D eigenvalue weighted by atomic mass is 9.84. The van der Waals surface area contributed by atoms with E-state index >= 15 is 0 Å². The maximum Gasteiger partial charge on any atom is 0.127 e. The standard InChI is InChI=1S/C15H21ClFN/c1-2-15(9-4-3-5-10-18-15)11-12-13(16)7-6-8-14(12)17/h6-8,18H,2-5,9-11H2,1H3. The molecule has 100 valence electrons. The number of halogens is 2. The Labute approximate surface area is 114 Å². The molecule has 2 rings (SSSR count). The van der Waals surface area contributed by atoms with Crippen LogP contribution < -0.4 is 5.32 Å². The van der Waals surface area contributed by atoms with E-state index in [1.807, 2.05) is 0 Å². The van der Waals surface area contributed by atoms with Gasteiger partial charge in [0, 0.05) is 16.1 Å². The summed E-state index contributed by atoms with van der Waals surface area (Å²) >= 11 is 6.14. The Kier molecular flexibility index (Phi) is 4.63. The highest BCUT2D eigenvalue weighted by Crippen LogP contribution is 2.30. The van der Waals surface area contributed by atoms with Gasteiger partial charge < -0.3 is 5.32 Å². The molecular weight excluding hydrogens is 249 g/mol. The average molecular weight is 270 g/mol. The molecule has 0 aliphatic carbocycles. The number of benzene rings is 1. The summed E-state index contributed by atoms with van der Waals surface area (Å²) < 4.78 is 13.9. The first-order valence-electron chi connectivity index (χ1n) is 6.85. The van der Waals surface area contributed by atoms with Crippen LogP contribution >= 0.6 is 11.6 Å². The van der Waals surface area contributed by atoms with Crippen LogP contribution in [0, 0.1) is 5.82 Å². The molecule has 1 saturated heterocycles. The zero-order chi connectivity index (χ0) is 13.0. The van der Waals surface area contributed by atoms with E-state index in [4.69, 9.17) is 11.6 Å². The van der Waals surface area contributed by atoms with Gasteiger partial charge >= 0.3 is 0 Å². The highest BCUT2D eigenvalue weighted by atomic mass is 35.5. The first-order chi connectivity index (χ1) is 8.67. The van der Waals surface area contributed by atoms with Crippen molar-refractivity contribution in [3.8, 4) is 0 Å². The Morgan fingerprint density at radius 1 is 1.33 bits per heavy atom. The predicted molar refractivity (Wildman–Crippen MR) is 74.6 cm³/mol. The van der Waals surface area contributed by atoms with Gasteiger partial charge in [0.05, 0.1) is 0 Å². The van der Waals surface area contributed by atoms with Crippen molar-refractivity contribution in [1.82, 2.24) is 5.32 Å². The minimum absolute atomic E-state index is 0.0162. The molecule has 0 bridgehead atoms. The second-order valence-corrected chi connectivity index (χ2v) is 5.66. The van der Waals surface area contributed by atoms with Crippen LogP contribution in [-0.4, -0.2) is 12.1 Å². The minimum Gasteiger partial charge on any atom is -0.311 e. The van der Waals surface area contributed by atoms with Crippen molar-refractivity contribution in [2.24, 2.45) is 0 Å². The van der Waals surface area contributed by atoms with Crippen molar-refractivity contribution in [2.45, 2.75) is 51.0 Å². The molecule has 0 spiro atoms. The van der Waals surface area contributed by atoms with Gasteiger partial charge in [-0.15, -0.1) is 0 Å². The zero-order valence-corrected chi connectivity index (χ0v) is 11.7. The summed E-state index contributed by atoms with van der Waals surface area (Å²) in [6.07, 6.45) is 6.50. The molecule has 1 nitrogen and oxygen atoms in total. The Morgan fingerprint density at radius 3 is 2.89 bits per heavy atom. The zero-order valence-electron chi connectivity index (χ0n) is 10.9. The summed E-state index contributed by atoms with van der Waals surface area (Å²) in [4.78, 5) is 0. The molecule has 1 aliphatic rings. The first kappa shape index (κ1) is 13.8. The molecule has 1 heterocycles. The van der Waals surface area contributed by atoms with Crippen molar-refractivity contribution in [1.29, 1.82) is 0 Å². The summed E-state index contributed by atoms with van der Waals surface area (Å²) in [6, 6.07) is 4.95. The fraction of sp³-hybridized carbons (Fsp3) is 0.600. The van der Waals surface area contributed by atoms with Gasteiger partial charge in [0.1, 0.15) is 5.82 Å². The van der Waals surface area contributed by atoms with Crippen molar-refractivity contribution in [3.63, 3.8) is 0 Å². The molecule has 3 heteroatoms. The van der Waals surface area contributed by atoms with E-state index in [-0.39, 0.29) is 11.4 Å². The van der Waals surface area contributed by atoms with E-state index in [2.05, 4.69) is 12.2 Å². The number of nitrogens with one attached hydrogen (secondary N) is 1. The van der Waals surface area contributed by atoms with Gasteiger partial charge in [0.15, 0.2) is 0 Å². The van der Waals surface area contributed by atoms with Crippen LogP contribution in [0.15, 0.2) is 18.2 Å². The average Bonchev–Trinajstić information content (AvgIpc) is 2.60. The van der Waals surface area contributed by atoms with E-state index in [1.54, 1.807) is 12.1 Å². The van der Waals surface area contributed by atoms with E-state index in [1.165, 1.54) is 25.3 Å². The Bertz CT molecular complexity index is 377. The van der Waals surface area contributed by atoms with Crippen LogP contribution in [0.5, 0.6) is 0 Å². The molecule has 18 heavy (non-hydrogen) atoms. The molecule has 1 unspecified atom stereocenters. The largest absolute Gasteiger partial charge is 0.311 e. The highest BCUT2D eigenvalue weighted by Gasteiger charge is 2.30. The molecule has 1 aliphatic heterocycles. The van der Waals surface area contributed by atoms with E-state index in [0.29, 0.717) is 17.0 Å². The Hall–Kier alpha value is -0.600. The van der Waals surface area contributed by atoms with Crippen molar-refractivity contribution >= 4 is 11.6 Å². The molecule has 1 fully saturated rings. The van der Waals surface area contributed by atoms with E-state index in [0.717, 1.165) is 19.4 Å². The first-order valence-corrected chi connectivity index (χ1v) is 7.22. The highest BCUT2D eigenvalue weighted by molar-refractivity contribution is 6.31. The molecule has 1 N–H and O–H groups in total.